The van der Waals surface area contributed by atoms with Gasteiger partial charge in [0.15, 0.2) is 0 Å². The van der Waals surface area contributed by atoms with Gasteiger partial charge in [0.25, 0.3) is 5.91 Å². The monoisotopic (exact) mass is 384 g/mol. The van der Waals surface area contributed by atoms with Crippen LogP contribution in [0.1, 0.15) is 10.5 Å². The number of hydrogen-bond donors (Lipinski definition) is 2. The van der Waals surface area contributed by atoms with E-state index < -0.39 is 0 Å². The molecule has 7 nitrogen and oxygen atoms in total. The van der Waals surface area contributed by atoms with Gasteiger partial charge in [0, 0.05) is 45.5 Å². The minimum atomic E-state index is 0.00566. The van der Waals surface area contributed by atoms with Crippen LogP contribution in [0.25, 0.3) is 11.0 Å². The summed E-state index contributed by atoms with van der Waals surface area (Å²) in [6, 6.07) is 9.50. The minimum absolute atomic E-state index is 0.00566. The molecule has 1 aliphatic heterocycles. The molecule has 0 radical (unpaired) electrons. The maximum Gasteiger partial charge on any atom is 0.270 e. The third kappa shape index (κ3) is 4.20. The number of hydrogen-bond acceptors (Lipinski definition) is 5. The number of halogens is 1. The van der Waals surface area contributed by atoms with Crippen LogP contribution in [-0.2, 0) is 0 Å². The van der Waals surface area contributed by atoms with E-state index in [4.69, 9.17) is 11.6 Å². The van der Waals surface area contributed by atoms with Gasteiger partial charge in [-0.25, -0.2) is 4.98 Å². The summed E-state index contributed by atoms with van der Waals surface area (Å²) in [6.07, 6.45) is 3.40. The van der Waals surface area contributed by atoms with E-state index in [1.807, 2.05) is 29.2 Å². The number of carbonyl (C=O) groups excluding carboxylic acids is 1. The minimum Gasteiger partial charge on any atom is -0.367 e. The quantitative estimate of drug-likeness (QED) is 0.706. The number of rotatable bonds is 5. The van der Waals surface area contributed by atoms with E-state index >= 15 is 0 Å². The van der Waals surface area contributed by atoms with Gasteiger partial charge in [0.05, 0.1) is 22.3 Å². The molecule has 1 saturated heterocycles. The third-order valence-corrected chi connectivity index (χ3v) is 4.94. The molecule has 27 heavy (non-hydrogen) atoms. The van der Waals surface area contributed by atoms with Crippen molar-refractivity contribution < 1.29 is 4.79 Å². The molecule has 8 heteroatoms. The van der Waals surface area contributed by atoms with Gasteiger partial charge in [0.2, 0.25) is 0 Å². The van der Waals surface area contributed by atoms with Gasteiger partial charge in [-0.2, -0.15) is 0 Å². The molecule has 1 fully saturated rings. The normalized spacial score (nSPS) is 15.2. The number of fused-ring (bicyclic) bond motifs is 1. The molecule has 0 unspecified atom stereocenters. The Morgan fingerprint density at radius 3 is 2.70 bits per heavy atom. The molecule has 2 N–H and O–H groups in total. The summed E-state index contributed by atoms with van der Waals surface area (Å²) in [5.41, 5.74) is 2.33. The number of carbonyl (C=O) groups is 1. The van der Waals surface area contributed by atoms with E-state index in [2.05, 4.69) is 25.2 Å². The summed E-state index contributed by atoms with van der Waals surface area (Å²) >= 11 is 5.88. The smallest absolute Gasteiger partial charge is 0.270 e. The van der Waals surface area contributed by atoms with Crippen LogP contribution in [0.3, 0.4) is 0 Å². The fraction of sp³-hybridized carbons (Fsp3) is 0.316. The number of amides is 1. The maximum absolute atomic E-state index is 12.4. The molecule has 3 heterocycles. The highest BCUT2D eigenvalue weighted by Crippen LogP contribution is 2.14. The third-order valence-electron chi connectivity index (χ3n) is 4.72. The summed E-state index contributed by atoms with van der Waals surface area (Å²) in [7, 11) is 0. The van der Waals surface area contributed by atoms with Gasteiger partial charge in [-0.15, -0.1) is 0 Å². The van der Waals surface area contributed by atoms with Crippen molar-refractivity contribution in [2.45, 2.75) is 0 Å². The van der Waals surface area contributed by atoms with E-state index in [-0.39, 0.29) is 5.91 Å². The number of H-pyrrole nitrogens is 1. The van der Waals surface area contributed by atoms with Crippen LogP contribution >= 0.6 is 11.6 Å². The average molecular weight is 385 g/mol. The van der Waals surface area contributed by atoms with Gasteiger partial charge in [-0.05, 0) is 18.2 Å². The van der Waals surface area contributed by atoms with Crippen LogP contribution in [0.4, 0.5) is 5.82 Å². The Kier molecular flexibility index (Phi) is 5.22. The fourth-order valence-electron chi connectivity index (χ4n) is 3.22. The molecular formula is C19H21ClN6O. The number of aromatic amines is 1. The summed E-state index contributed by atoms with van der Waals surface area (Å²) < 4.78 is 0. The van der Waals surface area contributed by atoms with Crippen LogP contribution in [0.5, 0.6) is 0 Å². The zero-order valence-electron chi connectivity index (χ0n) is 14.9. The Balaban J connectivity index is 1.24. The molecule has 0 bridgehead atoms. The highest BCUT2D eigenvalue weighted by Gasteiger charge is 2.22. The molecular weight excluding hydrogens is 364 g/mol. The molecule has 1 amide bonds. The van der Waals surface area contributed by atoms with Crippen LogP contribution in [0.15, 0.2) is 42.7 Å². The van der Waals surface area contributed by atoms with Crippen molar-refractivity contribution in [3.63, 3.8) is 0 Å². The molecule has 140 valence electrons. The predicted octanol–water partition coefficient (Wildman–Crippen LogP) is 2.48. The Bertz CT molecular complexity index is 935. The maximum atomic E-state index is 12.4. The Morgan fingerprint density at radius 1 is 1.19 bits per heavy atom. The van der Waals surface area contributed by atoms with E-state index in [0.717, 1.165) is 43.0 Å². The van der Waals surface area contributed by atoms with Gasteiger partial charge < -0.3 is 15.2 Å². The largest absolute Gasteiger partial charge is 0.367 e. The molecule has 3 aromatic rings. The van der Waals surface area contributed by atoms with E-state index in [9.17, 15) is 4.79 Å². The van der Waals surface area contributed by atoms with Crippen molar-refractivity contribution in [1.82, 2.24) is 24.8 Å². The first-order chi connectivity index (χ1) is 13.2. The molecule has 1 aliphatic rings. The predicted molar refractivity (Wildman–Crippen MR) is 106 cm³/mol. The summed E-state index contributed by atoms with van der Waals surface area (Å²) in [6.45, 7) is 4.81. The van der Waals surface area contributed by atoms with E-state index in [0.29, 0.717) is 23.8 Å². The first kappa shape index (κ1) is 17.8. The lowest BCUT2D eigenvalue weighted by Crippen LogP contribution is -2.49. The number of aromatic nitrogens is 3. The summed E-state index contributed by atoms with van der Waals surface area (Å²) in [5.74, 6) is 0.789. The molecule has 4 rings (SSSR count). The highest BCUT2D eigenvalue weighted by molar-refractivity contribution is 6.30. The Morgan fingerprint density at radius 2 is 1.96 bits per heavy atom. The molecule has 0 aliphatic carbocycles. The second kappa shape index (κ2) is 7.94. The highest BCUT2D eigenvalue weighted by atomic mass is 35.5. The van der Waals surface area contributed by atoms with Crippen LogP contribution in [0.2, 0.25) is 5.02 Å². The second-order valence-corrected chi connectivity index (χ2v) is 6.97. The first-order valence-electron chi connectivity index (χ1n) is 9.00. The molecule has 1 aromatic carbocycles. The lowest BCUT2D eigenvalue weighted by Gasteiger charge is -2.34. The fourth-order valence-corrected chi connectivity index (χ4v) is 3.38. The standard InChI is InChI=1S/C19H21ClN6O/c20-14-11-17(22-12-14)19(27)26-9-7-25(8-10-26)6-5-21-18-13-23-15-3-1-2-4-16(15)24-18/h1-4,11-13,22H,5-10H2,(H,21,24). The number of nitrogens with zero attached hydrogens (tertiary/aromatic N) is 4. The molecule has 0 atom stereocenters. The van der Waals surface area contributed by atoms with Crippen molar-refractivity contribution in [1.29, 1.82) is 0 Å². The molecule has 0 spiro atoms. The van der Waals surface area contributed by atoms with Crippen LogP contribution in [-0.4, -0.2) is 69.9 Å². The summed E-state index contributed by atoms with van der Waals surface area (Å²) in [5, 5.41) is 3.89. The zero-order valence-corrected chi connectivity index (χ0v) is 15.6. The van der Waals surface area contributed by atoms with E-state index in [1.54, 1.807) is 18.5 Å². The number of benzene rings is 1. The van der Waals surface area contributed by atoms with Crippen molar-refractivity contribution in [2.75, 3.05) is 44.6 Å². The van der Waals surface area contributed by atoms with Crippen molar-refractivity contribution in [3.8, 4) is 0 Å². The van der Waals surface area contributed by atoms with E-state index in [1.165, 1.54) is 0 Å². The Hall–Kier alpha value is -2.64. The van der Waals surface area contributed by atoms with Gasteiger partial charge in [0.1, 0.15) is 11.5 Å². The van der Waals surface area contributed by atoms with Crippen LogP contribution < -0.4 is 5.32 Å². The number of nitrogens with one attached hydrogen (secondary N) is 2. The lowest BCUT2D eigenvalue weighted by molar-refractivity contribution is 0.0637. The van der Waals surface area contributed by atoms with Crippen molar-refractivity contribution in [2.24, 2.45) is 0 Å². The SMILES string of the molecule is O=C(c1cc(Cl)c[nH]1)N1CCN(CCNc2cnc3ccccc3n2)CC1. The average Bonchev–Trinajstić information content (AvgIpc) is 3.14. The number of piperazine rings is 1. The van der Waals surface area contributed by atoms with Crippen LogP contribution in [0, 0.1) is 0 Å². The van der Waals surface area contributed by atoms with Crippen molar-refractivity contribution >= 4 is 34.4 Å². The van der Waals surface area contributed by atoms with Gasteiger partial charge in [-0.3, -0.25) is 14.7 Å². The number of anilines is 1. The topological polar surface area (TPSA) is 77.2 Å². The number of para-hydroxylation sites is 2. The molecule has 2 aromatic heterocycles. The second-order valence-electron chi connectivity index (χ2n) is 6.54. The first-order valence-corrected chi connectivity index (χ1v) is 9.38. The lowest BCUT2D eigenvalue weighted by atomic mass is 10.2. The zero-order chi connectivity index (χ0) is 18.6. The Labute approximate surface area is 162 Å². The van der Waals surface area contributed by atoms with Gasteiger partial charge >= 0.3 is 0 Å². The summed E-state index contributed by atoms with van der Waals surface area (Å²) in [4.78, 5) is 28.5. The van der Waals surface area contributed by atoms with Crippen molar-refractivity contribution in [3.05, 3.63) is 53.4 Å². The van der Waals surface area contributed by atoms with Gasteiger partial charge in [-0.1, -0.05) is 23.7 Å². The molecule has 0 saturated carbocycles.